The van der Waals surface area contributed by atoms with E-state index in [1.165, 1.54) is 67.5 Å². The molecule has 0 radical (unpaired) electrons. The Bertz CT molecular complexity index is 683. The fourth-order valence-corrected chi connectivity index (χ4v) is 4.34. The highest BCUT2D eigenvalue weighted by Crippen LogP contribution is 2.30. The lowest BCUT2D eigenvalue weighted by Crippen LogP contribution is -2.13. The second kappa shape index (κ2) is 6.48. The number of aliphatic hydroxyl groups excluding tert-OH is 1. The molecule has 23 heavy (non-hydrogen) atoms. The molecule has 2 heterocycles. The van der Waals surface area contributed by atoms with Gasteiger partial charge in [-0.3, -0.25) is 0 Å². The van der Waals surface area contributed by atoms with Crippen LogP contribution in [0.4, 0.5) is 0 Å². The van der Waals surface area contributed by atoms with Gasteiger partial charge in [0.25, 0.3) is 0 Å². The molecule has 2 aromatic rings. The quantitative estimate of drug-likeness (QED) is 0.927. The summed E-state index contributed by atoms with van der Waals surface area (Å²) in [6.45, 7) is 0.0388. The fourth-order valence-electron chi connectivity index (χ4n) is 4.34. The van der Waals surface area contributed by atoms with E-state index in [1.807, 2.05) is 6.33 Å². The first-order valence-electron chi connectivity index (χ1n) is 9.13. The third-order valence-electron chi connectivity index (χ3n) is 5.70. The Morgan fingerprint density at radius 2 is 2.00 bits per heavy atom. The van der Waals surface area contributed by atoms with Gasteiger partial charge in [-0.1, -0.05) is 44.2 Å². The van der Waals surface area contributed by atoms with Gasteiger partial charge in [0.1, 0.15) is 0 Å². The molecule has 1 N–H and O–H groups in total. The molecule has 0 atom stereocenters. The number of hydrogen-bond acceptors (Lipinski definition) is 2. The number of benzene rings is 1. The maximum atomic E-state index is 9.39. The van der Waals surface area contributed by atoms with Crippen molar-refractivity contribution in [2.75, 3.05) is 0 Å². The number of aromatic nitrogens is 2. The average molecular weight is 310 g/mol. The monoisotopic (exact) mass is 310 g/mol. The Morgan fingerprint density at radius 3 is 2.83 bits per heavy atom. The molecule has 122 valence electrons. The first-order valence-corrected chi connectivity index (χ1v) is 9.13. The van der Waals surface area contributed by atoms with Gasteiger partial charge in [0, 0.05) is 11.4 Å². The van der Waals surface area contributed by atoms with Crippen molar-refractivity contribution in [2.24, 2.45) is 5.92 Å². The normalized spacial score (nSPS) is 17.8. The van der Waals surface area contributed by atoms with Gasteiger partial charge in [-0.05, 0) is 48.8 Å². The first-order chi connectivity index (χ1) is 11.3. The summed E-state index contributed by atoms with van der Waals surface area (Å²) in [6.07, 6.45) is 13.7. The van der Waals surface area contributed by atoms with Gasteiger partial charge in [-0.25, -0.2) is 4.98 Å². The Balaban J connectivity index is 1.50. The predicted octanol–water partition coefficient (Wildman–Crippen LogP) is 3.98. The SMILES string of the molecule is OCc1ncn2c1CCc1cc(CCC3CCCCC3)ccc1-2. The van der Waals surface area contributed by atoms with Crippen LogP contribution in [0.2, 0.25) is 0 Å². The van der Waals surface area contributed by atoms with Crippen LogP contribution in [0.3, 0.4) is 0 Å². The van der Waals surface area contributed by atoms with Crippen LogP contribution in [0.25, 0.3) is 5.69 Å². The molecular formula is C20H26N2O. The van der Waals surface area contributed by atoms with Crippen molar-refractivity contribution in [1.29, 1.82) is 0 Å². The standard InChI is InChI=1S/C20H26N2O/c23-13-18-20-11-9-17-12-16(7-6-15-4-2-1-3-5-15)8-10-19(17)22(20)14-21-18/h8,10,12,14-15,23H,1-7,9,11,13H2. The van der Waals surface area contributed by atoms with E-state index in [9.17, 15) is 5.11 Å². The maximum absolute atomic E-state index is 9.39. The van der Waals surface area contributed by atoms with Crippen LogP contribution < -0.4 is 0 Å². The van der Waals surface area contributed by atoms with Gasteiger partial charge < -0.3 is 9.67 Å². The summed E-state index contributed by atoms with van der Waals surface area (Å²) < 4.78 is 2.16. The van der Waals surface area contributed by atoms with E-state index >= 15 is 0 Å². The second-order valence-electron chi connectivity index (χ2n) is 7.17. The van der Waals surface area contributed by atoms with Crippen LogP contribution >= 0.6 is 0 Å². The summed E-state index contributed by atoms with van der Waals surface area (Å²) in [5.41, 5.74) is 6.17. The molecule has 1 aliphatic carbocycles. The van der Waals surface area contributed by atoms with Gasteiger partial charge >= 0.3 is 0 Å². The lowest BCUT2D eigenvalue weighted by atomic mass is 9.85. The minimum atomic E-state index is 0.0388. The Hall–Kier alpha value is -1.61. The van der Waals surface area contributed by atoms with Crippen LogP contribution in [-0.2, 0) is 25.9 Å². The Labute approximate surface area is 138 Å². The molecule has 3 heteroatoms. The van der Waals surface area contributed by atoms with Gasteiger partial charge in [0.15, 0.2) is 0 Å². The van der Waals surface area contributed by atoms with E-state index < -0.39 is 0 Å². The molecule has 0 unspecified atom stereocenters. The van der Waals surface area contributed by atoms with Crippen molar-refractivity contribution in [3.05, 3.63) is 47.0 Å². The topological polar surface area (TPSA) is 38.1 Å². The largest absolute Gasteiger partial charge is 0.390 e. The van der Waals surface area contributed by atoms with Gasteiger partial charge in [0.05, 0.1) is 18.6 Å². The van der Waals surface area contributed by atoms with E-state index in [1.54, 1.807) is 0 Å². The third kappa shape index (κ3) is 2.94. The zero-order valence-electron chi connectivity index (χ0n) is 13.8. The van der Waals surface area contributed by atoms with E-state index in [0.717, 1.165) is 24.5 Å². The highest BCUT2D eigenvalue weighted by Gasteiger charge is 2.20. The highest BCUT2D eigenvalue weighted by atomic mass is 16.3. The first kappa shape index (κ1) is 14.9. The van der Waals surface area contributed by atoms with Crippen LogP contribution in [0.1, 0.15) is 61.0 Å². The molecule has 0 amide bonds. The minimum Gasteiger partial charge on any atom is -0.390 e. The number of fused-ring (bicyclic) bond motifs is 3. The number of hydrogen-bond donors (Lipinski definition) is 1. The second-order valence-corrected chi connectivity index (χ2v) is 7.17. The molecule has 0 bridgehead atoms. The summed E-state index contributed by atoms with van der Waals surface area (Å²) >= 11 is 0. The summed E-state index contributed by atoms with van der Waals surface area (Å²) in [5.74, 6) is 0.951. The molecule has 1 aromatic heterocycles. The van der Waals surface area contributed by atoms with Gasteiger partial charge in [0.2, 0.25) is 0 Å². The number of rotatable bonds is 4. The molecule has 1 saturated carbocycles. The zero-order chi connectivity index (χ0) is 15.6. The van der Waals surface area contributed by atoms with Crippen molar-refractivity contribution in [2.45, 2.75) is 64.4 Å². The van der Waals surface area contributed by atoms with Crippen molar-refractivity contribution in [3.63, 3.8) is 0 Å². The van der Waals surface area contributed by atoms with Crippen molar-refractivity contribution < 1.29 is 5.11 Å². The van der Waals surface area contributed by atoms with Crippen LogP contribution in [0.5, 0.6) is 0 Å². The van der Waals surface area contributed by atoms with Crippen LogP contribution in [-0.4, -0.2) is 14.7 Å². The van der Waals surface area contributed by atoms with E-state index in [0.29, 0.717) is 0 Å². The van der Waals surface area contributed by atoms with Gasteiger partial charge in [-0.15, -0.1) is 0 Å². The molecule has 3 nitrogen and oxygen atoms in total. The number of nitrogens with zero attached hydrogens (tertiary/aromatic N) is 2. The number of imidazole rings is 1. The van der Waals surface area contributed by atoms with E-state index in [-0.39, 0.29) is 6.61 Å². The molecule has 0 saturated heterocycles. The molecule has 1 fully saturated rings. The minimum absolute atomic E-state index is 0.0388. The number of aliphatic hydroxyl groups is 1. The van der Waals surface area contributed by atoms with E-state index in [2.05, 4.69) is 27.8 Å². The molecule has 1 aromatic carbocycles. The molecule has 0 spiro atoms. The average Bonchev–Trinajstić information content (AvgIpc) is 3.04. The smallest absolute Gasteiger partial charge is 0.0998 e. The number of aryl methyl sites for hydroxylation is 2. The Morgan fingerprint density at radius 1 is 1.13 bits per heavy atom. The summed E-state index contributed by atoms with van der Waals surface area (Å²) in [7, 11) is 0. The summed E-state index contributed by atoms with van der Waals surface area (Å²) in [6, 6.07) is 6.94. The van der Waals surface area contributed by atoms with Crippen molar-refractivity contribution >= 4 is 0 Å². The lowest BCUT2D eigenvalue weighted by molar-refractivity contribution is 0.276. The molecule has 4 rings (SSSR count). The van der Waals surface area contributed by atoms with E-state index in [4.69, 9.17) is 0 Å². The maximum Gasteiger partial charge on any atom is 0.0998 e. The molecule has 1 aliphatic heterocycles. The van der Waals surface area contributed by atoms with Gasteiger partial charge in [-0.2, -0.15) is 0 Å². The Kier molecular flexibility index (Phi) is 4.21. The summed E-state index contributed by atoms with van der Waals surface area (Å²) in [5, 5.41) is 9.39. The van der Waals surface area contributed by atoms with Crippen molar-refractivity contribution in [1.82, 2.24) is 9.55 Å². The molecule has 2 aliphatic rings. The predicted molar refractivity (Wildman–Crippen MR) is 91.8 cm³/mol. The van der Waals surface area contributed by atoms with Crippen molar-refractivity contribution in [3.8, 4) is 5.69 Å². The summed E-state index contributed by atoms with van der Waals surface area (Å²) in [4.78, 5) is 4.35. The molecular weight excluding hydrogens is 284 g/mol. The lowest BCUT2D eigenvalue weighted by Gasteiger charge is -2.23. The fraction of sp³-hybridized carbons (Fsp3) is 0.550. The van der Waals surface area contributed by atoms with Crippen LogP contribution in [0.15, 0.2) is 24.5 Å². The zero-order valence-corrected chi connectivity index (χ0v) is 13.8. The van der Waals surface area contributed by atoms with Crippen LogP contribution in [0, 0.1) is 5.92 Å². The highest BCUT2D eigenvalue weighted by molar-refractivity contribution is 5.48. The third-order valence-corrected chi connectivity index (χ3v) is 5.70.